The van der Waals surface area contributed by atoms with Gasteiger partial charge in [0.2, 0.25) is 0 Å². The Balaban J connectivity index is 1.97. The minimum absolute atomic E-state index is 0.213. The van der Waals surface area contributed by atoms with E-state index in [2.05, 4.69) is 17.2 Å². The molecule has 0 atom stereocenters. The van der Waals surface area contributed by atoms with Crippen molar-refractivity contribution in [3.63, 3.8) is 0 Å². The lowest BCUT2D eigenvalue weighted by molar-refractivity contribution is -0.00539. The SMILES string of the molecule is CC1CCC(O)(CNC(=O)c2cc(Cl)ncc2Cl)CC1. The van der Waals surface area contributed by atoms with Crippen LogP contribution >= 0.6 is 23.2 Å². The third-order valence-electron chi connectivity index (χ3n) is 3.85. The van der Waals surface area contributed by atoms with E-state index in [1.54, 1.807) is 0 Å². The van der Waals surface area contributed by atoms with Crippen LogP contribution in [0, 0.1) is 5.92 Å². The summed E-state index contributed by atoms with van der Waals surface area (Å²) in [5.41, 5.74) is -0.537. The Morgan fingerprint density at radius 3 is 2.80 bits per heavy atom. The fourth-order valence-electron chi connectivity index (χ4n) is 2.40. The van der Waals surface area contributed by atoms with Crippen molar-refractivity contribution in [2.75, 3.05) is 6.54 Å². The van der Waals surface area contributed by atoms with Gasteiger partial charge in [-0.2, -0.15) is 0 Å². The molecule has 0 unspecified atom stereocenters. The van der Waals surface area contributed by atoms with E-state index in [9.17, 15) is 9.90 Å². The van der Waals surface area contributed by atoms with Crippen molar-refractivity contribution < 1.29 is 9.90 Å². The minimum Gasteiger partial charge on any atom is -0.388 e. The molecular formula is C14H18Cl2N2O2. The van der Waals surface area contributed by atoms with Crippen molar-refractivity contribution in [1.29, 1.82) is 0 Å². The molecule has 1 aliphatic carbocycles. The number of nitrogens with zero attached hydrogens (tertiary/aromatic N) is 1. The molecule has 0 bridgehead atoms. The highest BCUT2D eigenvalue weighted by Crippen LogP contribution is 2.31. The molecule has 0 aromatic carbocycles. The summed E-state index contributed by atoms with van der Waals surface area (Å²) < 4.78 is 0. The Kier molecular flexibility index (Phi) is 4.89. The standard InChI is InChI=1S/C14H18Cl2N2O2/c1-9-2-4-14(20,5-3-9)8-18-13(19)10-6-12(16)17-7-11(10)15/h6-7,9,20H,2-5,8H2,1H3,(H,18,19). The molecule has 2 rings (SSSR count). The van der Waals surface area contributed by atoms with Gasteiger partial charge in [0.05, 0.1) is 16.2 Å². The number of carbonyl (C=O) groups is 1. The minimum atomic E-state index is -0.814. The van der Waals surface area contributed by atoms with Crippen LogP contribution in [0.15, 0.2) is 12.3 Å². The normalized spacial score (nSPS) is 26.3. The molecule has 1 saturated carbocycles. The van der Waals surface area contributed by atoms with Gasteiger partial charge in [-0.05, 0) is 37.7 Å². The summed E-state index contributed by atoms with van der Waals surface area (Å²) in [5, 5.41) is 13.6. The Morgan fingerprint density at radius 1 is 1.50 bits per heavy atom. The van der Waals surface area contributed by atoms with Gasteiger partial charge in [0, 0.05) is 12.7 Å². The summed E-state index contributed by atoms with van der Waals surface area (Å²) in [6, 6.07) is 1.42. The van der Waals surface area contributed by atoms with Gasteiger partial charge in [-0.15, -0.1) is 0 Å². The van der Waals surface area contributed by atoms with Gasteiger partial charge in [-0.25, -0.2) is 4.98 Å². The average Bonchev–Trinajstić information content (AvgIpc) is 2.43. The van der Waals surface area contributed by atoms with E-state index in [1.165, 1.54) is 12.3 Å². The Morgan fingerprint density at radius 2 is 2.15 bits per heavy atom. The van der Waals surface area contributed by atoms with Crippen LogP contribution in [0.4, 0.5) is 0 Å². The van der Waals surface area contributed by atoms with Gasteiger partial charge in [-0.1, -0.05) is 30.1 Å². The van der Waals surface area contributed by atoms with Crippen LogP contribution in [-0.2, 0) is 0 Å². The number of hydrogen-bond acceptors (Lipinski definition) is 3. The molecule has 6 heteroatoms. The van der Waals surface area contributed by atoms with Gasteiger partial charge < -0.3 is 10.4 Å². The number of aromatic nitrogens is 1. The first-order valence-electron chi connectivity index (χ1n) is 6.71. The number of pyridine rings is 1. The molecule has 4 nitrogen and oxygen atoms in total. The molecule has 0 saturated heterocycles. The van der Waals surface area contributed by atoms with E-state index in [4.69, 9.17) is 23.2 Å². The first-order chi connectivity index (χ1) is 9.39. The maximum atomic E-state index is 12.1. The van der Waals surface area contributed by atoms with E-state index in [1.807, 2.05) is 0 Å². The second kappa shape index (κ2) is 6.29. The zero-order valence-corrected chi connectivity index (χ0v) is 12.8. The van der Waals surface area contributed by atoms with Crippen molar-refractivity contribution in [1.82, 2.24) is 10.3 Å². The number of carbonyl (C=O) groups excluding carboxylic acids is 1. The molecule has 20 heavy (non-hydrogen) atoms. The first-order valence-corrected chi connectivity index (χ1v) is 7.47. The molecule has 0 radical (unpaired) electrons. The Labute approximate surface area is 128 Å². The molecule has 0 aliphatic heterocycles. The van der Waals surface area contributed by atoms with Crippen molar-refractivity contribution in [2.45, 2.75) is 38.2 Å². The van der Waals surface area contributed by atoms with E-state index in [-0.39, 0.29) is 28.2 Å². The van der Waals surface area contributed by atoms with Crippen molar-refractivity contribution >= 4 is 29.1 Å². The Hall–Kier alpha value is -0.840. The van der Waals surface area contributed by atoms with Gasteiger partial charge in [0.15, 0.2) is 0 Å². The maximum Gasteiger partial charge on any atom is 0.253 e. The highest BCUT2D eigenvalue weighted by Gasteiger charge is 2.32. The third-order valence-corrected chi connectivity index (χ3v) is 4.36. The summed E-state index contributed by atoms with van der Waals surface area (Å²) >= 11 is 11.7. The number of nitrogens with one attached hydrogen (secondary N) is 1. The highest BCUT2D eigenvalue weighted by molar-refractivity contribution is 6.35. The summed E-state index contributed by atoms with van der Waals surface area (Å²) in [6.45, 7) is 2.41. The lowest BCUT2D eigenvalue weighted by Crippen LogP contribution is -2.45. The molecule has 1 heterocycles. The quantitative estimate of drug-likeness (QED) is 0.842. The zero-order valence-electron chi connectivity index (χ0n) is 11.3. The molecule has 1 aromatic heterocycles. The van der Waals surface area contributed by atoms with Crippen molar-refractivity contribution in [3.05, 3.63) is 28.0 Å². The summed E-state index contributed by atoms with van der Waals surface area (Å²) in [5.74, 6) is 0.297. The van der Waals surface area contributed by atoms with Crippen LogP contribution in [-0.4, -0.2) is 28.1 Å². The number of rotatable bonds is 3. The summed E-state index contributed by atoms with van der Waals surface area (Å²) in [7, 11) is 0. The van der Waals surface area contributed by atoms with Crippen LogP contribution in [0.3, 0.4) is 0 Å². The van der Waals surface area contributed by atoms with Gasteiger partial charge in [0.25, 0.3) is 5.91 Å². The first kappa shape index (κ1) is 15.5. The van der Waals surface area contributed by atoms with Gasteiger partial charge in [-0.3, -0.25) is 4.79 Å². The molecule has 110 valence electrons. The molecule has 1 fully saturated rings. The van der Waals surface area contributed by atoms with E-state index < -0.39 is 5.60 Å². The van der Waals surface area contributed by atoms with Crippen LogP contribution < -0.4 is 5.32 Å². The fourth-order valence-corrected chi connectivity index (χ4v) is 2.75. The van der Waals surface area contributed by atoms with E-state index in [0.717, 1.165) is 12.8 Å². The molecule has 1 aliphatic rings. The number of halogens is 2. The van der Waals surface area contributed by atoms with E-state index in [0.29, 0.717) is 18.8 Å². The fraction of sp³-hybridized carbons (Fsp3) is 0.571. The third kappa shape index (κ3) is 3.84. The van der Waals surface area contributed by atoms with Crippen molar-refractivity contribution in [2.24, 2.45) is 5.92 Å². The lowest BCUT2D eigenvalue weighted by atomic mass is 9.79. The predicted molar refractivity (Wildman–Crippen MR) is 79.2 cm³/mol. The van der Waals surface area contributed by atoms with Crippen molar-refractivity contribution in [3.8, 4) is 0 Å². The largest absolute Gasteiger partial charge is 0.388 e. The zero-order chi connectivity index (χ0) is 14.8. The van der Waals surface area contributed by atoms with Crippen LogP contribution in [0.5, 0.6) is 0 Å². The second-order valence-corrected chi connectivity index (χ2v) is 6.37. The predicted octanol–water partition coefficient (Wildman–Crippen LogP) is 3.06. The average molecular weight is 317 g/mol. The summed E-state index contributed by atoms with van der Waals surface area (Å²) in [4.78, 5) is 15.9. The molecular weight excluding hydrogens is 299 g/mol. The second-order valence-electron chi connectivity index (χ2n) is 5.58. The highest BCUT2D eigenvalue weighted by atomic mass is 35.5. The Bertz CT molecular complexity index is 500. The number of amides is 1. The maximum absolute atomic E-state index is 12.1. The molecule has 0 spiro atoms. The van der Waals surface area contributed by atoms with Gasteiger partial charge >= 0.3 is 0 Å². The smallest absolute Gasteiger partial charge is 0.253 e. The molecule has 1 aromatic rings. The molecule has 1 amide bonds. The monoisotopic (exact) mass is 316 g/mol. The van der Waals surface area contributed by atoms with E-state index >= 15 is 0 Å². The van der Waals surface area contributed by atoms with Crippen LogP contribution in [0.25, 0.3) is 0 Å². The lowest BCUT2D eigenvalue weighted by Gasteiger charge is -2.34. The van der Waals surface area contributed by atoms with Gasteiger partial charge in [0.1, 0.15) is 5.15 Å². The molecule has 2 N–H and O–H groups in total. The van der Waals surface area contributed by atoms with Crippen LogP contribution in [0.1, 0.15) is 43.0 Å². The topological polar surface area (TPSA) is 62.2 Å². The summed E-state index contributed by atoms with van der Waals surface area (Å²) in [6.07, 6.45) is 4.72. The van der Waals surface area contributed by atoms with Crippen LogP contribution in [0.2, 0.25) is 10.2 Å². The number of aliphatic hydroxyl groups is 1. The number of hydrogen-bond donors (Lipinski definition) is 2.